The van der Waals surface area contributed by atoms with Crippen LogP contribution in [0, 0.1) is 0 Å². The molecule has 0 aliphatic carbocycles. The van der Waals surface area contributed by atoms with Crippen molar-refractivity contribution < 1.29 is 9.47 Å². The van der Waals surface area contributed by atoms with Crippen LogP contribution in [0.1, 0.15) is 45.1 Å². The Hall–Kier alpha value is -1.44. The summed E-state index contributed by atoms with van der Waals surface area (Å²) < 4.78 is 10.9. The molecule has 0 aliphatic rings. The summed E-state index contributed by atoms with van der Waals surface area (Å²) in [4.78, 5) is 0. The van der Waals surface area contributed by atoms with Crippen molar-refractivity contribution in [3.63, 3.8) is 0 Å². The van der Waals surface area contributed by atoms with Gasteiger partial charge in [0.25, 0.3) is 0 Å². The zero-order valence-electron chi connectivity index (χ0n) is 11.7. The molecule has 0 aromatic heterocycles. The number of allylic oxidation sites excluding steroid dienone is 2. The third-order valence-electron chi connectivity index (χ3n) is 2.93. The molecule has 1 aromatic carbocycles. The minimum Gasteiger partial charge on any atom is -0.497 e. The number of hydrogen-bond donors (Lipinski definition) is 0. The Bertz CT molecular complexity index is 352. The molecule has 0 N–H and O–H groups in total. The second-order valence-corrected chi connectivity index (χ2v) is 4.35. The molecule has 0 atom stereocenters. The van der Waals surface area contributed by atoms with Crippen LogP contribution in [-0.2, 0) is 11.3 Å². The van der Waals surface area contributed by atoms with Crippen LogP contribution in [0.5, 0.6) is 5.75 Å². The van der Waals surface area contributed by atoms with Gasteiger partial charge >= 0.3 is 0 Å². The van der Waals surface area contributed by atoms with Gasteiger partial charge in [-0.2, -0.15) is 0 Å². The van der Waals surface area contributed by atoms with Gasteiger partial charge in [-0.3, -0.25) is 0 Å². The van der Waals surface area contributed by atoms with E-state index in [2.05, 4.69) is 13.0 Å². The van der Waals surface area contributed by atoms with E-state index >= 15 is 0 Å². The number of unbranched alkanes of at least 4 members (excludes halogenated alkanes) is 2. The first-order valence-electron chi connectivity index (χ1n) is 6.71. The van der Waals surface area contributed by atoms with Gasteiger partial charge in [0.05, 0.1) is 12.9 Å². The number of rotatable bonds is 8. The molecule has 0 aliphatic heterocycles. The summed E-state index contributed by atoms with van der Waals surface area (Å²) in [5.74, 6) is 1.98. The van der Waals surface area contributed by atoms with Crippen molar-refractivity contribution in [1.82, 2.24) is 0 Å². The lowest BCUT2D eigenvalue weighted by Crippen LogP contribution is -1.94. The standard InChI is InChI=1S/C16H24O2/c1-4-6-7-8-15(5-2)18-13-14-9-11-16(17-3)12-10-14/h5,9-12H,4,6-8,13H2,1-3H3/b15-5-. The molecule has 2 nitrogen and oxygen atoms in total. The fraction of sp³-hybridized carbons (Fsp3) is 0.500. The van der Waals surface area contributed by atoms with Crippen LogP contribution in [0.2, 0.25) is 0 Å². The van der Waals surface area contributed by atoms with E-state index in [1.54, 1.807) is 7.11 Å². The van der Waals surface area contributed by atoms with E-state index in [0.717, 1.165) is 17.9 Å². The van der Waals surface area contributed by atoms with Gasteiger partial charge in [0.1, 0.15) is 12.4 Å². The summed E-state index contributed by atoms with van der Waals surface area (Å²) in [6, 6.07) is 8.01. The first kappa shape index (κ1) is 14.6. The highest BCUT2D eigenvalue weighted by Gasteiger charge is 1.99. The Morgan fingerprint density at radius 1 is 1.17 bits per heavy atom. The van der Waals surface area contributed by atoms with Crippen molar-refractivity contribution in [3.8, 4) is 5.75 Å². The molecule has 0 saturated heterocycles. The van der Waals surface area contributed by atoms with Gasteiger partial charge < -0.3 is 9.47 Å². The number of methoxy groups -OCH3 is 1. The lowest BCUT2D eigenvalue weighted by molar-refractivity contribution is 0.186. The van der Waals surface area contributed by atoms with Crippen molar-refractivity contribution in [2.24, 2.45) is 0 Å². The molecule has 0 spiro atoms. The molecule has 2 heteroatoms. The Labute approximate surface area is 111 Å². The van der Waals surface area contributed by atoms with Crippen LogP contribution >= 0.6 is 0 Å². The summed E-state index contributed by atoms with van der Waals surface area (Å²) in [5.41, 5.74) is 1.17. The largest absolute Gasteiger partial charge is 0.497 e. The molecule has 0 bridgehead atoms. The number of hydrogen-bond acceptors (Lipinski definition) is 2. The zero-order chi connectivity index (χ0) is 13.2. The Kier molecular flexibility index (Phi) is 7.00. The van der Waals surface area contributed by atoms with Crippen molar-refractivity contribution in [1.29, 1.82) is 0 Å². The Morgan fingerprint density at radius 3 is 2.44 bits per heavy atom. The van der Waals surface area contributed by atoms with Crippen molar-refractivity contribution in [2.45, 2.75) is 46.1 Å². The third kappa shape index (κ3) is 5.26. The highest BCUT2D eigenvalue weighted by Crippen LogP contribution is 2.15. The highest BCUT2D eigenvalue weighted by atomic mass is 16.5. The molecule has 100 valence electrons. The minimum absolute atomic E-state index is 0.635. The highest BCUT2D eigenvalue weighted by molar-refractivity contribution is 5.26. The third-order valence-corrected chi connectivity index (χ3v) is 2.93. The second kappa shape index (κ2) is 8.62. The van der Waals surface area contributed by atoms with Crippen LogP contribution in [0.15, 0.2) is 36.1 Å². The maximum absolute atomic E-state index is 5.82. The molecule has 0 radical (unpaired) electrons. The van der Waals surface area contributed by atoms with Crippen LogP contribution in [-0.4, -0.2) is 7.11 Å². The van der Waals surface area contributed by atoms with Crippen LogP contribution < -0.4 is 4.74 Å². The smallest absolute Gasteiger partial charge is 0.118 e. The predicted molar refractivity (Wildman–Crippen MR) is 75.7 cm³/mol. The molecular weight excluding hydrogens is 224 g/mol. The Morgan fingerprint density at radius 2 is 1.89 bits per heavy atom. The summed E-state index contributed by atoms with van der Waals surface area (Å²) in [6.07, 6.45) is 6.83. The van der Waals surface area contributed by atoms with Gasteiger partial charge in [-0.05, 0) is 37.1 Å². The van der Waals surface area contributed by atoms with Gasteiger partial charge in [0, 0.05) is 6.42 Å². The Balaban J connectivity index is 2.37. The topological polar surface area (TPSA) is 18.5 Å². The molecule has 0 saturated carbocycles. The van der Waals surface area contributed by atoms with Crippen LogP contribution in [0.3, 0.4) is 0 Å². The summed E-state index contributed by atoms with van der Waals surface area (Å²) >= 11 is 0. The van der Waals surface area contributed by atoms with Gasteiger partial charge in [-0.1, -0.05) is 31.9 Å². The van der Waals surface area contributed by atoms with Gasteiger partial charge in [0.2, 0.25) is 0 Å². The normalized spacial score (nSPS) is 11.4. The van der Waals surface area contributed by atoms with Gasteiger partial charge in [0.15, 0.2) is 0 Å². The van der Waals surface area contributed by atoms with Gasteiger partial charge in [-0.25, -0.2) is 0 Å². The first-order chi connectivity index (χ1) is 8.80. The van der Waals surface area contributed by atoms with E-state index in [1.165, 1.54) is 24.8 Å². The molecule has 0 fully saturated rings. The predicted octanol–water partition coefficient (Wildman–Crippen LogP) is 4.70. The molecule has 18 heavy (non-hydrogen) atoms. The van der Waals surface area contributed by atoms with Crippen molar-refractivity contribution in [3.05, 3.63) is 41.7 Å². The average Bonchev–Trinajstić information content (AvgIpc) is 2.43. The second-order valence-electron chi connectivity index (χ2n) is 4.35. The molecular formula is C16H24O2. The molecule has 1 rings (SSSR count). The fourth-order valence-corrected chi connectivity index (χ4v) is 1.75. The van der Waals surface area contributed by atoms with E-state index in [0.29, 0.717) is 6.61 Å². The lowest BCUT2D eigenvalue weighted by atomic mass is 10.2. The van der Waals surface area contributed by atoms with Crippen LogP contribution in [0.25, 0.3) is 0 Å². The molecule has 1 aromatic rings. The van der Waals surface area contributed by atoms with E-state index in [-0.39, 0.29) is 0 Å². The quantitative estimate of drug-likeness (QED) is 0.490. The van der Waals surface area contributed by atoms with Gasteiger partial charge in [-0.15, -0.1) is 0 Å². The summed E-state index contributed by atoms with van der Waals surface area (Å²) in [6.45, 7) is 4.89. The average molecular weight is 248 g/mol. The van der Waals surface area contributed by atoms with E-state index in [9.17, 15) is 0 Å². The molecule has 0 unspecified atom stereocenters. The van der Waals surface area contributed by atoms with Crippen molar-refractivity contribution in [2.75, 3.05) is 7.11 Å². The zero-order valence-corrected chi connectivity index (χ0v) is 11.7. The molecule has 0 amide bonds. The SMILES string of the molecule is C/C=C(/CCCCC)OCc1ccc(OC)cc1. The maximum atomic E-state index is 5.82. The van der Waals surface area contributed by atoms with E-state index in [1.807, 2.05) is 31.2 Å². The number of benzene rings is 1. The fourth-order valence-electron chi connectivity index (χ4n) is 1.75. The van der Waals surface area contributed by atoms with E-state index < -0.39 is 0 Å². The summed E-state index contributed by atoms with van der Waals surface area (Å²) in [7, 11) is 1.68. The number of ether oxygens (including phenoxy) is 2. The summed E-state index contributed by atoms with van der Waals surface area (Å²) in [5, 5.41) is 0. The maximum Gasteiger partial charge on any atom is 0.118 e. The minimum atomic E-state index is 0.635. The van der Waals surface area contributed by atoms with Crippen molar-refractivity contribution >= 4 is 0 Å². The van der Waals surface area contributed by atoms with Crippen LogP contribution in [0.4, 0.5) is 0 Å². The first-order valence-corrected chi connectivity index (χ1v) is 6.71. The lowest BCUT2D eigenvalue weighted by Gasteiger charge is -2.10. The molecule has 0 heterocycles. The monoisotopic (exact) mass is 248 g/mol. The van der Waals surface area contributed by atoms with E-state index in [4.69, 9.17) is 9.47 Å².